The fraction of sp³-hybridized carbons (Fsp3) is 0.308. The van der Waals surface area contributed by atoms with Gasteiger partial charge in [0.2, 0.25) is 11.6 Å². The van der Waals surface area contributed by atoms with Crippen molar-refractivity contribution in [3.05, 3.63) is 75.1 Å². The van der Waals surface area contributed by atoms with Crippen LogP contribution in [0.2, 0.25) is 5.02 Å². The van der Waals surface area contributed by atoms with Gasteiger partial charge in [-0.1, -0.05) is 28.9 Å². The maximum absolute atomic E-state index is 13.7. The number of Topliss-reactive ketones (excluding diaryl/α,β-unsaturated/α-hetero) is 1. The molecule has 0 saturated carbocycles. The van der Waals surface area contributed by atoms with Gasteiger partial charge in [0.15, 0.2) is 17.3 Å². The number of benzene rings is 2. The summed E-state index contributed by atoms with van der Waals surface area (Å²) in [5, 5.41) is 8.21. The Balaban J connectivity index is 1.65. The number of nitrogens with zero attached hydrogens (tertiary/aromatic N) is 1. The molecular formula is C26H25ClN2O5. The second-order valence-electron chi connectivity index (χ2n) is 8.50. The molecule has 1 N–H and O–H groups in total. The number of fused-ring (bicyclic) bond motifs is 1. The van der Waals surface area contributed by atoms with Crippen LogP contribution in [0.15, 0.2) is 52.2 Å². The molecule has 1 aliphatic carbocycles. The van der Waals surface area contributed by atoms with E-state index >= 15 is 0 Å². The first-order valence-corrected chi connectivity index (χ1v) is 11.4. The largest absolute Gasteiger partial charge is 0.493 e. The molecule has 0 spiro atoms. The van der Waals surface area contributed by atoms with Crippen LogP contribution in [0.4, 0.5) is 5.88 Å². The lowest BCUT2D eigenvalue weighted by Crippen LogP contribution is -2.29. The van der Waals surface area contributed by atoms with Gasteiger partial charge in [0.25, 0.3) is 0 Å². The molecule has 2 aliphatic rings. The maximum Gasteiger partial charge on any atom is 0.233 e. The molecule has 34 heavy (non-hydrogen) atoms. The predicted octanol–water partition coefficient (Wildman–Crippen LogP) is 5.62. The summed E-state index contributed by atoms with van der Waals surface area (Å²) in [7, 11) is 4.72. The molecule has 2 aromatic carbocycles. The van der Waals surface area contributed by atoms with Crippen LogP contribution in [-0.4, -0.2) is 32.3 Å². The smallest absolute Gasteiger partial charge is 0.233 e. The molecule has 8 heteroatoms. The third-order valence-electron chi connectivity index (χ3n) is 6.62. The van der Waals surface area contributed by atoms with Crippen LogP contribution in [0, 0.1) is 6.92 Å². The first-order valence-electron chi connectivity index (χ1n) is 11.0. The van der Waals surface area contributed by atoms with Gasteiger partial charge in [0.1, 0.15) is 0 Å². The summed E-state index contributed by atoms with van der Waals surface area (Å²) < 4.78 is 22.3. The summed E-state index contributed by atoms with van der Waals surface area (Å²) in [6.45, 7) is 1.88. The predicted molar refractivity (Wildman–Crippen MR) is 128 cm³/mol. The molecule has 0 fully saturated rings. The van der Waals surface area contributed by atoms with E-state index in [-0.39, 0.29) is 17.6 Å². The fourth-order valence-corrected chi connectivity index (χ4v) is 5.17. The van der Waals surface area contributed by atoms with E-state index < -0.39 is 0 Å². The van der Waals surface area contributed by atoms with E-state index in [9.17, 15) is 4.79 Å². The van der Waals surface area contributed by atoms with Gasteiger partial charge >= 0.3 is 0 Å². The standard InChI is InChI=1S/C26H25ClN2O5/c1-13-22-23(16-11-20(31-2)25(33-4)21(12-16)32-3)24-18(28-26(22)34-29-13)9-15(10-19(24)30)14-5-7-17(27)8-6-14/h5-8,11-12,15,23,28H,9-10H2,1-4H3/t15-,23-/m1/s1. The van der Waals surface area contributed by atoms with Crippen molar-refractivity contribution in [3.63, 3.8) is 0 Å². The quantitative estimate of drug-likeness (QED) is 0.507. The summed E-state index contributed by atoms with van der Waals surface area (Å²) in [6.07, 6.45) is 1.07. The average Bonchev–Trinajstić information content (AvgIpc) is 3.22. The number of aryl methyl sites for hydroxylation is 1. The molecule has 0 radical (unpaired) electrons. The Morgan fingerprint density at radius 3 is 2.29 bits per heavy atom. The molecule has 2 heterocycles. The highest BCUT2D eigenvalue weighted by Crippen LogP contribution is 2.51. The highest BCUT2D eigenvalue weighted by atomic mass is 35.5. The minimum atomic E-state index is -0.370. The second-order valence-corrected chi connectivity index (χ2v) is 8.94. The molecule has 0 saturated heterocycles. The second kappa shape index (κ2) is 8.72. The van der Waals surface area contributed by atoms with E-state index in [1.54, 1.807) is 21.3 Å². The number of halogens is 1. The summed E-state index contributed by atoms with van der Waals surface area (Å²) in [4.78, 5) is 13.7. The van der Waals surface area contributed by atoms with Crippen LogP contribution < -0.4 is 19.5 Å². The number of methoxy groups -OCH3 is 3. The molecule has 7 nitrogen and oxygen atoms in total. The zero-order valence-corrected chi connectivity index (χ0v) is 20.2. The molecule has 1 aromatic heterocycles. The fourth-order valence-electron chi connectivity index (χ4n) is 5.04. The summed E-state index contributed by atoms with van der Waals surface area (Å²) in [6, 6.07) is 11.4. The minimum absolute atomic E-state index is 0.0437. The van der Waals surface area contributed by atoms with Crippen LogP contribution in [0.1, 0.15) is 47.1 Å². The molecule has 0 unspecified atom stereocenters. The van der Waals surface area contributed by atoms with Crippen molar-refractivity contribution in [2.24, 2.45) is 0 Å². The third-order valence-corrected chi connectivity index (χ3v) is 6.87. The topological polar surface area (TPSA) is 82.8 Å². The van der Waals surface area contributed by atoms with Gasteiger partial charge in [-0.2, -0.15) is 0 Å². The van der Waals surface area contributed by atoms with Crippen LogP contribution in [-0.2, 0) is 4.79 Å². The lowest BCUT2D eigenvalue weighted by Gasteiger charge is -2.34. The van der Waals surface area contributed by atoms with Gasteiger partial charge in [-0.25, -0.2) is 0 Å². The van der Waals surface area contributed by atoms with Gasteiger partial charge in [-0.05, 0) is 54.7 Å². The minimum Gasteiger partial charge on any atom is -0.493 e. The summed E-state index contributed by atoms with van der Waals surface area (Å²) >= 11 is 6.07. The Morgan fingerprint density at radius 1 is 1.00 bits per heavy atom. The Bertz CT molecular complexity index is 1270. The van der Waals surface area contributed by atoms with E-state index in [0.717, 1.165) is 33.7 Å². The maximum atomic E-state index is 13.7. The lowest BCUT2D eigenvalue weighted by atomic mass is 9.72. The molecular weight excluding hydrogens is 456 g/mol. The van der Waals surface area contributed by atoms with Crippen molar-refractivity contribution in [1.29, 1.82) is 0 Å². The van der Waals surface area contributed by atoms with E-state index in [0.29, 0.717) is 41.0 Å². The first kappa shape index (κ1) is 22.3. The zero-order chi connectivity index (χ0) is 24.0. The number of carbonyl (C=O) groups is 1. The molecule has 1 aliphatic heterocycles. The zero-order valence-electron chi connectivity index (χ0n) is 19.4. The number of allylic oxidation sites excluding steroid dienone is 2. The molecule has 0 bridgehead atoms. The van der Waals surface area contributed by atoms with Crippen LogP contribution >= 0.6 is 11.6 Å². The third kappa shape index (κ3) is 3.60. The van der Waals surface area contributed by atoms with Crippen LogP contribution in [0.5, 0.6) is 17.2 Å². The summed E-state index contributed by atoms with van der Waals surface area (Å²) in [5.74, 6) is 1.85. The van der Waals surface area contributed by atoms with Gasteiger partial charge in [-0.3, -0.25) is 4.79 Å². The number of nitrogens with one attached hydrogen (secondary N) is 1. The molecule has 3 aromatic rings. The van der Waals surface area contributed by atoms with E-state index in [1.165, 1.54) is 0 Å². The van der Waals surface area contributed by atoms with E-state index in [1.807, 2.05) is 43.3 Å². The number of hydrogen-bond acceptors (Lipinski definition) is 7. The van der Waals surface area contributed by atoms with Crippen molar-refractivity contribution >= 4 is 23.3 Å². The molecule has 5 rings (SSSR count). The van der Waals surface area contributed by atoms with Crippen molar-refractivity contribution in [3.8, 4) is 17.2 Å². The lowest BCUT2D eigenvalue weighted by molar-refractivity contribution is -0.116. The summed E-state index contributed by atoms with van der Waals surface area (Å²) in [5.41, 5.74) is 5.05. The van der Waals surface area contributed by atoms with Gasteiger partial charge in [-0.15, -0.1) is 0 Å². The number of aromatic nitrogens is 1. The molecule has 2 atom stereocenters. The van der Waals surface area contributed by atoms with Gasteiger partial charge in [0.05, 0.1) is 32.6 Å². The highest BCUT2D eigenvalue weighted by Gasteiger charge is 2.41. The monoisotopic (exact) mass is 480 g/mol. The average molecular weight is 481 g/mol. The van der Waals surface area contributed by atoms with E-state index in [2.05, 4.69) is 10.5 Å². The van der Waals surface area contributed by atoms with Crippen molar-refractivity contribution < 1.29 is 23.5 Å². The number of hydrogen-bond donors (Lipinski definition) is 1. The number of rotatable bonds is 5. The van der Waals surface area contributed by atoms with Crippen molar-refractivity contribution in [2.45, 2.75) is 31.6 Å². The Kier molecular flexibility index (Phi) is 5.73. The number of anilines is 1. The van der Waals surface area contributed by atoms with Crippen molar-refractivity contribution in [2.75, 3.05) is 26.6 Å². The van der Waals surface area contributed by atoms with E-state index in [4.69, 9.17) is 30.3 Å². The Hall–Kier alpha value is -3.45. The number of ketones is 1. The first-order chi connectivity index (χ1) is 16.4. The number of ether oxygens (including phenoxy) is 3. The van der Waals surface area contributed by atoms with Gasteiger partial charge in [0, 0.05) is 28.6 Å². The SMILES string of the molecule is COc1cc([C@H]2C3=C(C[C@@H](c4ccc(Cl)cc4)CC3=O)Nc3onc(C)c32)cc(OC)c1OC. The van der Waals surface area contributed by atoms with Gasteiger partial charge < -0.3 is 24.1 Å². The number of carbonyl (C=O) groups excluding carboxylic acids is 1. The Morgan fingerprint density at radius 2 is 1.68 bits per heavy atom. The molecule has 176 valence electrons. The van der Waals surface area contributed by atoms with Crippen LogP contribution in [0.3, 0.4) is 0 Å². The molecule has 0 amide bonds. The normalized spacial score (nSPS) is 19.3. The highest BCUT2D eigenvalue weighted by molar-refractivity contribution is 6.30. The van der Waals surface area contributed by atoms with Crippen molar-refractivity contribution in [1.82, 2.24) is 5.16 Å². The Labute approximate surface area is 202 Å². The van der Waals surface area contributed by atoms with Crippen LogP contribution in [0.25, 0.3) is 0 Å².